The Hall–Kier alpha value is -2.34. The quantitative estimate of drug-likeness (QED) is 0.458. The fourth-order valence-electron chi connectivity index (χ4n) is 4.94. The third kappa shape index (κ3) is 4.86. The van der Waals surface area contributed by atoms with Gasteiger partial charge in [-0.1, -0.05) is 99.9 Å². The minimum absolute atomic E-state index is 0.488. The maximum Gasteiger partial charge on any atom is -0.00254 e. The molecule has 2 aromatic carbocycles. The van der Waals surface area contributed by atoms with Gasteiger partial charge < -0.3 is 0 Å². The van der Waals surface area contributed by atoms with Crippen molar-refractivity contribution in [1.82, 2.24) is 0 Å². The molecule has 0 aromatic heterocycles. The highest BCUT2D eigenvalue weighted by Crippen LogP contribution is 2.36. The van der Waals surface area contributed by atoms with Crippen LogP contribution in [0.25, 0.3) is 11.1 Å². The van der Waals surface area contributed by atoms with Gasteiger partial charge in [-0.05, 0) is 83.4 Å². The van der Waals surface area contributed by atoms with Gasteiger partial charge in [0.15, 0.2) is 0 Å². The molecule has 30 heavy (non-hydrogen) atoms. The molecule has 0 amide bonds. The zero-order valence-corrected chi connectivity index (χ0v) is 19.0. The zero-order chi connectivity index (χ0) is 21.1. The van der Waals surface area contributed by atoms with Crippen LogP contribution in [0.3, 0.4) is 0 Å². The van der Waals surface area contributed by atoms with Crippen LogP contribution in [0.1, 0.15) is 93.0 Å². The summed E-state index contributed by atoms with van der Waals surface area (Å²) in [7, 11) is 0. The van der Waals surface area contributed by atoms with E-state index < -0.39 is 0 Å². The molecule has 0 unspecified atom stereocenters. The van der Waals surface area contributed by atoms with E-state index in [4.69, 9.17) is 0 Å². The minimum Gasteiger partial charge on any atom is -0.0950 e. The van der Waals surface area contributed by atoms with Gasteiger partial charge in [-0.2, -0.15) is 0 Å². The summed E-state index contributed by atoms with van der Waals surface area (Å²) in [5.41, 5.74) is 11.3. The van der Waals surface area contributed by atoms with E-state index in [9.17, 15) is 0 Å². The van der Waals surface area contributed by atoms with Crippen LogP contribution in [0.15, 0.2) is 66.8 Å². The van der Waals surface area contributed by atoms with Gasteiger partial charge in [0.05, 0.1) is 0 Å². The second-order valence-electron chi connectivity index (χ2n) is 9.73. The molecule has 0 spiro atoms. The van der Waals surface area contributed by atoms with Crippen molar-refractivity contribution in [3.8, 4) is 0 Å². The van der Waals surface area contributed by atoms with Crippen LogP contribution >= 0.6 is 0 Å². The smallest absolute Gasteiger partial charge is 0.00254 e. The lowest BCUT2D eigenvalue weighted by Crippen LogP contribution is -2.06. The Morgan fingerprint density at radius 2 is 1.67 bits per heavy atom. The van der Waals surface area contributed by atoms with Gasteiger partial charge in [-0.3, -0.25) is 0 Å². The molecule has 0 saturated heterocycles. The van der Waals surface area contributed by atoms with Crippen molar-refractivity contribution in [3.63, 3.8) is 0 Å². The van der Waals surface area contributed by atoms with Crippen molar-refractivity contribution >= 4 is 11.1 Å². The maximum absolute atomic E-state index is 4.25. The standard InChI is InChI=1S/C30H36/c1-21(2)23(4)26-14-11-24(12-15-26)17-25-18-29(27-8-6-5-7-9-27)20-30(19-25)28-13-10-22(3)16-28/h10-15,18-21,27H,4-9,16-17H2,1-3H3. The number of allylic oxidation sites excluding steroid dienone is 5. The molecule has 0 heteroatoms. The summed E-state index contributed by atoms with van der Waals surface area (Å²) in [6, 6.07) is 16.5. The van der Waals surface area contributed by atoms with E-state index in [1.54, 1.807) is 5.56 Å². The lowest BCUT2D eigenvalue weighted by molar-refractivity contribution is 0.443. The molecular formula is C30H36. The third-order valence-electron chi connectivity index (χ3n) is 6.93. The average molecular weight is 397 g/mol. The Morgan fingerprint density at radius 1 is 0.933 bits per heavy atom. The van der Waals surface area contributed by atoms with E-state index in [2.05, 4.69) is 82.0 Å². The Morgan fingerprint density at radius 3 is 2.30 bits per heavy atom. The Labute approximate surface area is 183 Å². The van der Waals surface area contributed by atoms with E-state index in [-0.39, 0.29) is 0 Å². The molecule has 0 atom stereocenters. The molecule has 1 fully saturated rings. The summed E-state index contributed by atoms with van der Waals surface area (Å²) in [4.78, 5) is 0. The lowest BCUT2D eigenvalue weighted by atomic mass is 9.82. The van der Waals surface area contributed by atoms with Crippen molar-refractivity contribution in [1.29, 1.82) is 0 Å². The summed E-state index contributed by atoms with van der Waals surface area (Å²) in [6.45, 7) is 10.9. The van der Waals surface area contributed by atoms with Gasteiger partial charge in [0.2, 0.25) is 0 Å². The summed E-state index contributed by atoms with van der Waals surface area (Å²) in [5.74, 6) is 1.23. The van der Waals surface area contributed by atoms with Gasteiger partial charge in [0.25, 0.3) is 0 Å². The van der Waals surface area contributed by atoms with Crippen molar-refractivity contribution in [2.24, 2.45) is 5.92 Å². The molecule has 0 N–H and O–H groups in total. The van der Waals surface area contributed by atoms with E-state index in [1.807, 2.05) is 0 Å². The number of benzene rings is 2. The Balaban J connectivity index is 1.60. The fourth-order valence-corrected chi connectivity index (χ4v) is 4.94. The summed E-state index contributed by atoms with van der Waals surface area (Å²) in [5, 5.41) is 0. The summed E-state index contributed by atoms with van der Waals surface area (Å²) >= 11 is 0. The van der Waals surface area contributed by atoms with Crippen LogP contribution in [0.4, 0.5) is 0 Å². The molecule has 4 rings (SSSR count). The average Bonchev–Trinajstić information content (AvgIpc) is 3.20. The van der Waals surface area contributed by atoms with Crippen LogP contribution < -0.4 is 0 Å². The lowest BCUT2D eigenvalue weighted by Gasteiger charge is -2.23. The topological polar surface area (TPSA) is 0 Å². The number of hydrogen-bond acceptors (Lipinski definition) is 0. The van der Waals surface area contributed by atoms with Crippen molar-refractivity contribution < 1.29 is 0 Å². The van der Waals surface area contributed by atoms with Crippen LogP contribution in [-0.2, 0) is 6.42 Å². The third-order valence-corrected chi connectivity index (χ3v) is 6.93. The van der Waals surface area contributed by atoms with E-state index in [0.29, 0.717) is 5.92 Å². The largest absolute Gasteiger partial charge is 0.0950 e. The molecule has 2 aromatic rings. The number of hydrogen-bond donors (Lipinski definition) is 0. The van der Waals surface area contributed by atoms with Gasteiger partial charge in [0, 0.05) is 0 Å². The van der Waals surface area contributed by atoms with Crippen LogP contribution in [0, 0.1) is 5.92 Å². The fraction of sp³-hybridized carbons (Fsp3) is 0.400. The van der Waals surface area contributed by atoms with Crippen molar-refractivity contribution in [2.45, 2.75) is 71.6 Å². The van der Waals surface area contributed by atoms with Crippen molar-refractivity contribution in [2.75, 3.05) is 0 Å². The van der Waals surface area contributed by atoms with Crippen LogP contribution in [0.5, 0.6) is 0 Å². The first-order chi connectivity index (χ1) is 14.5. The molecule has 0 aliphatic heterocycles. The number of rotatable bonds is 6. The Bertz CT molecular complexity index is 960. The SMILES string of the molecule is C=C(c1ccc(Cc2cc(C3=CC=C(C)C3)cc(C3CCCCC3)c2)cc1)C(C)C. The van der Waals surface area contributed by atoms with E-state index >= 15 is 0 Å². The monoisotopic (exact) mass is 396 g/mol. The van der Waals surface area contributed by atoms with E-state index in [0.717, 1.165) is 18.8 Å². The van der Waals surface area contributed by atoms with Crippen molar-refractivity contribution in [3.05, 3.63) is 94.6 Å². The predicted molar refractivity (Wildman–Crippen MR) is 132 cm³/mol. The van der Waals surface area contributed by atoms with Gasteiger partial charge in [-0.15, -0.1) is 0 Å². The van der Waals surface area contributed by atoms with Gasteiger partial charge in [0.1, 0.15) is 0 Å². The van der Waals surface area contributed by atoms with Crippen LogP contribution in [-0.4, -0.2) is 0 Å². The highest BCUT2D eigenvalue weighted by atomic mass is 14.2. The maximum atomic E-state index is 4.25. The van der Waals surface area contributed by atoms with E-state index in [1.165, 1.54) is 71.1 Å². The first-order valence-corrected chi connectivity index (χ1v) is 11.8. The molecule has 2 aliphatic carbocycles. The molecule has 1 saturated carbocycles. The van der Waals surface area contributed by atoms with Gasteiger partial charge >= 0.3 is 0 Å². The molecule has 0 radical (unpaired) electrons. The van der Waals surface area contributed by atoms with Crippen LogP contribution in [0.2, 0.25) is 0 Å². The highest BCUT2D eigenvalue weighted by molar-refractivity contribution is 5.73. The first-order valence-electron chi connectivity index (χ1n) is 11.8. The predicted octanol–water partition coefficient (Wildman–Crippen LogP) is 8.73. The first kappa shape index (κ1) is 20.9. The molecule has 0 bridgehead atoms. The molecular weight excluding hydrogens is 360 g/mol. The molecule has 0 heterocycles. The summed E-state index contributed by atoms with van der Waals surface area (Å²) < 4.78 is 0. The minimum atomic E-state index is 0.488. The zero-order valence-electron chi connectivity index (χ0n) is 19.0. The molecule has 0 nitrogen and oxygen atoms in total. The normalized spacial score (nSPS) is 17.2. The second kappa shape index (κ2) is 9.21. The second-order valence-corrected chi connectivity index (χ2v) is 9.73. The van der Waals surface area contributed by atoms with Gasteiger partial charge in [-0.25, -0.2) is 0 Å². The summed E-state index contributed by atoms with van der Waals surface area (Å²) in [6.07, 6.45) is 13.6. The highest BCUT2D eigenvalue weighted by Gasteiger charge is 2.18. The molecule has 156 valence electrons. The molecule has 2 aliphatic rings. The Kier molecular flexibility index (Phi) is 6.42.